The van der Waals surface area contributed by atoms with E-state index in [2.05, 4.69) is 0 Å². The molecular weight excluding hydrogens is 354 g/mol. The summed E-state index contributed by atoms with van der Waals surface area (Å²) in [7, 11) is 1.26. The zero-order valence-corrected chi connectivity index (χ0v) is 14.9. The van der Waals surface area contributed by atoms with Gasteiger partial charge in [0.1, 0.15) is 5.75 Å². The fourth-order valence-corrected chi connectivity index (χ4v) is 3.07. The number of benzene rings is 2. The third-order valence-corrected chi connectivity index (χ3v) is 4.27. The molecule has 0 unspecified atom stereocenters. The van der Waals surface area contributed by atoms with E-state index in [9.17, 15) is 14.7 Å². The van der Waals surface area contributed by atoms with E-state index in [1.807, 2.05) is 0 Å². The van der Waals surface area contributed by atoms with Crippen LogP contribution < -0.4 is 4.90 Å². The lowest BCUT2D eigenvalue weighted by Gasteiger charge is -2.18. The minimum absolute atomic E-state index is 0.0665. The summed E-state index contributed by atoms with van der Waals surface area (Å²) in [6, 6.07) is 13.2. The molecular formula is C20H16ClNO4. The molecule has 0 aromatic heterocycles. The Balaban J connectivity index is 2.15. The van der Waals surface area contributed by atoms with E-state index < -0.39 is 5.97 Å². The topological polar surface area (TPSA) is 66.8 Å². The molecule has 1 aliphatic rings. The minimum Gasteiger partial charge on any atom is -0.508 e. The smallest absolute Gasteiger partial charge is 0.340 e. The van der Waals surface area contributed by atoms with Gasteiger partial charge < -0.3 is 9.84 Å². The molecule has 0 saturated carbocycles. The van der Waals surface area contributed by atoms with Crippen molar-refractivity contribution in [1.82, 2.24) is 0 Å². The average molecular weight is 370 g/mol. The highest BCUT2D eigenvalue weighted by molar-refractivity contribution is 6.31. The van der Waals surface area contributed by atoms with E-state index in [4.69, 9.17) is 16.3 Å². The normalized spacial score (nSPS) is 15.7. The number of phenols is 1. The van der Waals surface area contributed by atoms with Gasteiger partial charge in [-0.2, -0.15) is 0 Å². The quantitative estimate of drug-likeness (QED) is 0.657. The Labute approximate surface area is 155 Å². The average Bonchev–Trinajstić information content (AvgIpc) is 2.84. The lowest BCUT2D eigenvalue weighted by atomic mass is 10.0. The minimum atomic E-state index is -0.605. The highest BCUT2D eigenvalue weighted by Gasteiger charge is 2.37. The van der Waals surface area contributed by atoms with Gasteiger partial charge in [0, 0.05) is 10.7 Å². The number of hydrogen-bond acceptors (Lipinski definition) is 4. The molecule has 2 aromatic rings. The van der Waals surface area contributed by atoms with Gasteiger partial charge in [-0.1, -0.05) is 29.8 Å². The van der Waals surface area contributed by atoms with Crippen molar-refractivity contribution < 1.29 is 19.4 Å². The van der Waals surface area contributed by atoms with Crippen molar-refractivity contribution in [2.75, 3.05) is 12.0 Å². The Kier molecular flexibility index (Phi) is 4.82. The number of esters is 1. The van der Waals surface area contributed by atoms with E-state index in [-0.39, 0.29) is 22.8 Å². The Hall–Kier alpha value is -3.05. The first-order valence-corrected chi connectivity index (χ1v) is 8.20. The zero-order chi connectivity index (χ0) is 18.8. The number of hydrogen-bond donors (Lipinski definition) is 1. The second-order valence-corrected chi connectivity index (χ2v) is 6.16. The number of nitrogens with zero attached hydrogens (tertiary/aromatic N) is 1. The molecule has 2 aromatic carbocycles. The summed E-state index contributed by atoms with van der Waals surface area (Å²) in [5, 5.41) is 10.1. The molecule has 0 radical (unpaired) electrons. The van der Waals surface area contributed by atoms with Gasteiger partial charge in [0.05, 0.1) is 23.9 Å². The van der Waals surface area contributed by atoms with Crippen LogP contribution >= 0.6 is 11.6 Å². The van der Waals surface area contributed by atoms with Crippen LogP contribution in [0.15, 0.2) is 65.4 Å². The third kappa shape index (κ3) is 3.21. The number of carbonyl (C=O) groups excluding carboxylic acids is 2. The van der Waals surface area contributed by atoms with Crippen molar-refractivity contribution in [3.63, 3.8) is 0 Å². The number of ether oxygens (including phenoxy) is 1. The second-order valence-electron chi connectivity index (χ2n) is 5.73. The molecule has 1 aliphatic heterocycles. The van der Waals surface area contributed by atoms with Crippen molar-refractivity contribution in [3.05, 3.63) is 76.0 Å². The van der Waals surface area contributed by atoms with Crippen LogP contribution in [0.4, 0.5) is 5.69 Å². The predicted octanol–water partition coefficient (Wildman–Crippen LogP) is 3.92. The Morgan fingerprint density at radius 2 is 1.92 bits per heavy atom. The standard InChI is InChI=1S/C20H16ClNO4/c1-12-18(20(25)26-2)17(10-13-5-3-8-16(23)9-13)19(24)22(12)15-7-4-6-14(21)11-15/h3-11,23H,1-2H3/b17-10-. The van der Waals surface area contributed by atoms with Gasteiger partial charge in [-0.05, 0) is 48.9 Å². The molecule has 1 heterocycles. The van der Waals surface area contributed by atoms with Gasteiger partial charge >= 0.3 is 5.97 Å². The van der Waals surface area contributed by atoms with Gasteiger partial charge in [0.15, 0.2) is 0 Å². The van der Waals surface area contributed by atoms with Crippen LogP contribution in [0.2, 0.25) is 5.02 Å². The van der Waals surface area contributed by atoms with Gasteiger partial charge in [-0.15, -0.1) is 0 Å². The van der Waals surface area contributed by atoms with E-state index >= 15 is 0 Å². The van der Waals surface area contributed by atoms with Gasteiger partial charge in [-0.25, -0.2) is 4.79 Å². The number of anilines is 1. The Bertz CT molecular complexity index is 962. The number of methoxy groups -OCH3 is 1. The SMILES string of the molecule is COC(=O)C1=C(C)N(c2cccc(Cl)c2)C(=O)/C1=C\c1cccc(O)c1. The highest BCUT2D eigenvalue weighted by atomic mass is 35.5. The van der Waals surface area contributed by atoms with Gasteiger partial charge in [-0.3, -0.25) is 9.69 Å². The third-order valence-electron chi connectivity index (χ3n) is 4.04. The van der Waals surface area contributed by atoms with E-state index in [1.165, 1.54) is 24.1 Å². The molecule has 0 saturated heterocycles. The summed E-state index contributed by atoms with van der Waals surface area (Å²) < 4.78 is 4.86. The maximum Gasteiger partial charge on any atom is 0.340 e. The largest absolute Gasteiger partial charge is 0.508 e. The lowest BCUT2D eigenvalue weighted by molar-refractivity contribution is -0.136. The molecule has 0 bridgehead atoms. The lowest BCUT2D eigenvalue weighted by Crippen LogP contribution is -2.24. The van der Waals surface area contributed by atoms with Crippen molar-refractivity contribution in [1.29, 1.82) is 0 Å². The number of amides is 1. The van der Waals surface area contributed by atoms with Crippen LogP contribution in [0.5, 0.6) is 5.75 Å². The summed E-state index contributed by atoms with van der Waals surface area (Å²) in [6.45, 7) is 1.67. The van der Waals surface area contributed by atoms with Crippen molar-refractivity contribution >= 4 is 35.2 Å². The molecule has 132 valence electrons. The van der Waals surface area contributed by atoms with E-state index in [0.29, 0.717) is 22.0 Å². The van der Waals surface area contributed by atoms with Crippen LogP contribution in [-0.2, 0) is 14.3 Å². The number of phenolic OH excluding ortho intramolecular Hbond substituents is 1. The first-order chi connectivity index (χ1) is 12.4. The van der Waals surface area contributed by atoms with Crippen LogP contribution in [0, 0.1) is 0 Å². The van der Waals surface area contributed by atoms with Crippen molar-refractivity contribution in [2.24, 2.45) is 0 Å². The fourth-order valence-electron chi connectivity index (χ4n) is 2.89. The first kappa shape index (κ1) is 17.8. The van der Waals surface area contributed by atoms with Crippen LogP contribution in [0.1, 0.15) is 12.5 Å². The zero-order valence-electron chi connectivity index (χ0n) is 14.2. The first-order valence-electron chi connectivity index (χ1n) is 7.82. The number of halogens is 1. The molecule has 0 aliphatic carbocycles. The van der Waals surface area contributed by atoms with E-state index in [0.717, 1.165) is 0 Å². The van der Waals surface area contributed by atoms with E-state index in [1.54, 1.807) is 49.4 Å². The monoisotopic (exact) mass is 369 g/mol. The maximum atomic E-state index is 13.1. The molecule has 0 spiro atoms. The number of allylic oxidation sites excluding steroid dienone is 1. The fraction of sp³-hybridized carbons (Fsp3) is 0.100. The summed E-state index contributed by atoms with van der Waals surface area (Å²) in [6.07, 6.45) is 1.56. The Morgan fingerprint density at radius 3 is 2.58 bits per heavy atom. The van der Waals surface area contributed by atoms with Crippen LogP contribution in [-0.4, -0.2) is 24.1 Å². The molecule has 3 rings (SSSR count). The maximum absolute atomic E-state index is 13.1. The van der Waals surface area contributed by atoms with Crippen LogP contribution in [0.3, 0.4) is 0 Å². The summed E-state index contributed by atoms with van der Waals surface area (Å²) in [5.41, 5.74) is 1.98. The molecule has 1 N–H and O–H groups in total. The molecule has 5 nitrogen and oxygen atoms in total. The molecule has 6 heteroatoms. The van der Waals surface area contributed by atoms with Crippen LogP contribution in [0.25, 0.3) is 6.08 Å². The molecule has 0 fully saturated rings. The second kappa shape index (κ2) is 7.06. The molecule has 26 heavy (non-hydrogen) atoms. The van der Waals surface area contributed by atoms with Gasteiger partial charge in [0.2, 0.25) is 0 Å². The summed E-state index contributed by atoms with van der Waals surface area (Å²) in [5.74, 6) is -0.905. The summed E-state index contributed by atoms with van der Waals surface area (Å²) in [4.78, 5) is 26.8. The number of rotatable bonds is 3. The number of aromatic hydroxyl groups is 1. The predicted molar refractivity (Wildman–Crippen MR) is 99.7 cm³/mol. The van der Waals surface area contributed by atoms with Gasteiger partial charge in [0.25, 0.3) is 5.91 Å². The van der Waals surface area contributed by atoms with Crippen molar-refractivity contribution in [3.8, 4) is 5.75 Å². The Morgan fingerprint density at radius 1 is 1.19 bits per heavy atom. The molecule has 1 amide bonds. The highest BCUT2D eigenvalue weighted by Crippen LogP contribution is 2.36. The molecule has 0 atom stereocenters. The number of carbonyl (C=O) groups is 2. The van der Waals surface area contributed by atoms with Crippen molar-refractivity contribution in [2.45, 2.75) is 6.92 Å². The summed E-state index contributed by atoms with van der Waals surface area (Å²) >= 11 is 6.04.